The molecule has 0 aromatic heterocycles. The number of carbonyl (C=O) groups is 1. The summed E-state index contributed by atoms with van der Waals surface area (Å²) in [4.78, 5) is 13.5. The number of hydrogen-bond acceptors (Lipinski definition) is 3. The second-order valence-corrected chi connectivity index (χ2v) is 4.37. The smallest absolute Gasteiger partial charge is 0.310 e. The van der Waals surface area contributed by atoms with Gasteiger partial charge < -0.3 is 4.74 Å². The number of benzene rings is 1. The summed E-state index contributed by atoms with van der Waals surface area (Å²) < 4.78 is 17.5. The minimum atomic E-state index is -0.220. The quantitative estimate of drug-likeness (QED) is 0.751. The zero-order valence-corrected chi connectivity index (χ0v) is 9.86. The van der Waals surface area contributed by atoms with Crippen molar-refractivity contribution in [2.24, 2.45) is 5.92 Å². The molecule has 1 aromatic carbocycles. The Bertz CT molecular complexity index is 391. The zero-order chi connectivity index (χ0) is 12.3. The highest BCUT2D eigenvalue weighted by Crippen LogP contribution is 2.19. The molecule has 1 aromatic rings. The molecule has 1 aliphatic rings. The molecule has 0 aliphatic carbocycles. The second-order valence-electron chi connectivity index (χ2n) is 4.37. The Balaban J connectivity index is 1.89. The lowest BCUT2D eigenvalue weighted by Gasteiger charge is -2.15. The van der Waals surface area contributed by atoms with Gasteiger partial charge >= 0.3 is 5.97 Å². The topological polar surface area (TPSA) is 29.5 Å². The summed E-state index contributed by atoms with van der Waals surface area (Å²) in [5.41, 5.74) is 1.07. The maximum absolute atomic E-state index is 12.7. The molecule has 0 N–H and O–H groups in total. The van der Waals surface area contributed by atoms with E-state index in [0.29, 0.717) is 0 Å². The van der Waals surface area contributed by atoms with Gasteiger partial charge in [-0.1, -0.05) is 12.1 Å². The summed E-state index contributed by atoms with van der Waals surface area (Å²) in [6.07, 6.45) is 0.841. The molecule has 3 nitrogen and oxygen atoms in total. The molecule has 2 rings (SSSR count). The zero-order valence-electron chi connectivity index (χ0n) is 9.86. The molecule has 17 heavy (non-hydrogen) atoms. The fourth-order valence-corrected chi connectivity index (χ4v) is 2.18. The Hall–Kier alpha value is -1.42. The first kappa shape index (κ1) is 12.0. The molecule has 0 spiro atoms. The van der Waals surface area contributed by atoms with Gasteiger partial charge in [0.1, 0.15) is 5.82 Å². The van der Waals surface area contributed by atoms with Crippen LogP contribution in [-0.2, 0) is 16.1 Å². The molecule has 1 fully saturated rings. The molecule has 0 radical (unpaired) electrons. The van der Waals surface area contributed by atoms with E-state index in [1.165, 1.54) is 19.2 Å². The highest BCUT2D eigenvalue weighted by Gasteiger charge is 2.28. The predicted molar refractivity (Wildman–Crippen MR) is 61.8 cm³/mol. The van der Waals surface area contributed by atoms with Crippen molar-refractivity contribution in [1.29, 1.82) is 0 Å². The van der Waals surface area contributed by atoms with E-state index in [1.54, 1.807) is 12.1 Å². The summed E-state index contributed by atoms with van der Waals surface area (Å²) in [6.45, 7) is 2.37. The summed E-state index contributed by atoms with van der Waals surface area (Å²) >= 11 is 0. The van der Waals surface area contributed by atoms with Crippen LogP contribution in [0.15, 0.2) is 24.3 Å². The lowest BCUT2D eigenvalue weighted by Crippen LogP contribution is -2.23. The fourth-order valence-electron chi connectivity index (χ4n) is 2.18. The van der Waals surface area contributed by atoms with Gasteiger partial charge in [-0.3, -0.25) is 9.69 Å². The van der Waals surface area contributed by atoms with Crippen LogP contribution in [0.2, 0.25) is 0 Å². The van der Waals surface area contributed by atoms with E-state index in [1.807, 2.05) is 0 Å². The first-order chi connectivity index (χ1) is 8.19. The minimum absolute atomic E-state index is 0.0135. The van der Waals surface area contributed by atoms with Crippen molar-refractivity contribution in [2.45, 2.75) is 13.0 Å². The molecular weight excluding hydrogens is 221 g/mol. The Morgan fingerprint density at radius 3 is 2.82 bits per heavy atom. The number of esters is 1. The molecule has 0 saturated carbocycles. The third-order valence-corrected chi connectivity index (χ3v) is 3.13. The Morgan fingerprint density at radius 1 is 1.47 bits per heavy atom. The van der Waals surface area contributed by atoms with E-state index >= 15 is 0 Å². The van der Waals surface area contributed by atoms with E-state index in [0.717, 1.165) is 31.6 Å². The van der Waals surface area contributed by atoms with Crippen LogP contribution in [0.3, 0.4) is 0 Å². The van der Waals surface area contributed by atoms with Crippen LogP contribution >= 0.6 is 0 Å². The number of methoxy groups -OCH3 is 1. The summed E-state index contributed by atoms with van der Waals surface area (Å²) in [5, 5.41) is 0. The van der Waals surface area contributed by atoms with E-state index in [2.05, 4.69) is 4.90 Å². The lowest BCUT2D eigenvalue weighted by atomic mass is 10.1. The molecule has 1 aliphatic heterocycles. The van der Waals surface area contributed by atoms with Crippen molar-refractivity contribution in [3.8, 4) is 0 Å². The maximum Gasteiger partial charge on any atom is 0.310 e. The minimum Gasteiger partial charge on any atom is -0.469 e. The second kappa shape index (κ2) is 5.27. The summed E-state index contributed by atoms with van der Waals surface area (Å²) in [5.74, 6) is -0.366. The average Bonchev–Trinajstić information content (AvgIpc) is 2.80. The van der Waals surface area contributed by atoms with Crippen molar-refractivity contribution in [2.75, 3.05) is 20.2 Å². The molecule has 0 amide bonds. The number of hydrogen-bond donors (Lipinski definition) is 0. The van der Waals surface area contributed by atoms with Crippen LogP contribution in [0.1, 0.15) is 12.0 Å². The Labute approximate surface area is 100 Å². The Kier molecular flexibility index (Phi) is 3.74. The first-order valence-corrected chi connectivity index (χ1v) is 5.73. The number of ether oxygens (including phenoxy) is 1. The number of halogens is 1. The van der Waals surface area contributed by atoms with Crippen molar-refractivity contribution in [3.05, 3.63) is 35.6 Å². The lowest BCUT2D eigenvalue weighted by molar-refractivity contribution is -0.144. The molecule has 1 atom stereocenters. The fraction of sp³-hybridized carbons (Fsp3) is 0.462. The third-order valence-electron chi connectivity index (χ3n) is 3.13. The van der Waals surface area contributed by atoms with Gasteiger partial charge in [0, 0.05) is 13.1 Å². The highest BCUT2D eigenvalue weighted by atomic mass is 19.1. The maximum atomic E-state index is 12.7. The highest BCUT2D eigenvalue weighted by molar-refractivity contribution is 5.72. The van der Waals surface area contributed by atoms with Crippen molar-refractivity contribution in [1.82, 2.24) is 4.90 Å². The number of likely N-dealkylation sites (tertiary alicyclic amines) is 1. The predicted octanol–water partition coefficient (Wildman–Crippen LogP) is 1.82. The van der Waals surface area contributed by atoms with Crippen LogP contribution in [0.4, 0.5) is 4.39 Å². The van der Waals surface area contributed by atoms with Crippen molar-refractivity contribution < 1.29 is 13.9 Å². The SMILES string of the molecule is COC(=O)C1CCN(Cc2ccc(F)cc2)C1. The van der Waals surface area contributed by atoms with Crippen LogP contribution in [-0.4, -0.2) is 31.1 Å². The molecule has 0 bridgehead atoms. The van der Waals surface area contributed by atoms with Gasteiger partial charge in [0.05, 0.1) is 13.0 Å². The van der Waals surface area contributed by atoms with E-state index in [-0.39, 0.29) is 17.7 Å². The van der Waals surface area contributed by atoms with E-state index in [4.69, 9.17) is 4.74 Å². The van der Waals surface area contributed by atoms with Crippen LogP contribution in [0, 0.1) is 11.7 Å². The van der Waals surface area contributed by atoms with Crippen LogP contribution in [0.25, 0.3) is 0 Å². The molecule has 1 unspecified atom stereocenters. The summed E-state index contributed by atoms with van der Waals surface area (Å²) in [6, 6.07) is 6.48. The Morgan fingerprint density at radius 2 is 2.18 bits per heavy atom. The van der Waals surface area contributed by atoms with Crippen molar-refractivity contribution >= 4 is 5.97 Å². The molecule has 1 heterocycles. The number of nitrogens with zero attached hydrogens (tertiary/aromatic N) is 1. The standard InChI is InChI=1S/C13H16FNO2/c1-17-13(16)11-6-7-15(9-11)8-10-2-4-12(14)5-3-10/h2-5,11H,6-9H2,1H3. The van der Waals surface area contributed by atoms with Gasteiger partial charge in [-0.15, -0.1) is 0 Å². The van der Waals surface area contributed by atoms with Gasteiger partial charge in [-0.25, -0.2) is 4.39 Å². The van der Waals surface area contributed by atoms with Gasteiger partial charge in [0.25, 0.3) is 0 Å². The third kappa shape index (κ3) is 3.03. The molecule has 1 saturated heterocycles. The largest absolute Gasteiger partial charge is 0.469 e. The van der Waals surface area contributed by atoms with Gasteiger partial charge in [0.2, 0.25) is 0 Å². The molecule has 92 valence electrons. The van der Waals surface area contributed by atoms with Gasteiger partial charge in [-0.05, 0) is 30.7 Å². The average molecular weight is 237 g/mol. The molecule has 4 heteroatoms. The van der Waals surface area contributed by atoms with Gasteiger partial charge in [-0.2, -0.15) is 0 Å². The van der Waals surface area contributed by atoms with Crippen LogP contribution in [0.5, 0.6) is 0 Å². The normalized spacial score (nSPS) is 20.5. The summed E-state index contributed by atoms with van der Waals surface area (Å²) in [7, 11) is 1.42. The van der Waals surface area contributed by atoms with Gasteiger partial charge in [0.15, 0.2) is 0 Å². The number of rotatable bonds is 3. The number of carbonyl (C=O) groups excluding carboxylic acids is 1. The first-order valence-electron chi connectivity index (χ1n) is 5.73. The van der Waals surface area contributed by atoms with E-state index < -0.39 is 0 Å². The van der Waals surface area contributed by atoms with Crippen LogP contribution < -0.4 is 0 Å². The van der Waals surface area contributed by atoms with Crippen molar-refractivity contribution in [3.63, 3.8) is 0 Å². The van der Waals surface area contributed by atoms with E-state index in [9.17, 15) is 9.18 Å². The monoisotopic (exact) mass is 237 g/mol. The molecular formula is C13H16FNO2.